The number of aromatic nitrogens is 2. The molecule has 3 rings (SSSR count). The number of aryl methyl sites for hydroxylation is 1. The monoisotopic (exact) mass is 341 g/mol. The third-order valence-corrected chi connectivity index (χ3v) is 4.95. The number of hydrogen-bond acceptors (Lipinski definition) is 4. The molecule has 5 nitrogen and oxygen atoms in total. The Kier molecular flexibility index (Phi) is 5.87. The van der Waals surface area contributed by atoms with Gasteiger partial charge < -0.3 is 9.64 Å². The predicted molar refractivity (Wildman–Crippen MR) is 100 cm³/mol. The largest absolute Gasteiger partial charge is 0.494 e. The van der Waals surface area contributed by atoms with Crippen molar-refractivity contribution < 1.29 is 4.74 Å². The fraction of sp³-hybridized carbons (Fsp3) is 0.500. The van der Waals surface area contributed by atoms with Gasteiger partial charge in [-0.05, 0) is 69.0 Å². The van der Waals surface area contributed by atoms with Crippen LogP contribution in [-0.2, 0) is 6.42 Å². The van der Waals surface area contributed by atoms with Crippen LogP contribution in [-0.4, -0.2) is 40.8 Å². The molecule has 0 spiro atoms. The Morgan fingerprint density at radius 3 is 2.80 bits per heavy atom. The lowest BCUT2D eigenvalue weighted by Crippen LogP contribution is -2.28. The van der Waals surface area contributed by atoms with E-state index in [0.717, 1.165) is 54.6 Å². The Morgan fingerprint density at radius 1 is 1.32 bits per heavy atom. The predicted octanol–water partition coefficient (Wildman–Crippen LogP) is 3.25. The summed E-state index contributed by atoms with van der Waals surface area (Å²) in [6, 6.07) is 10.3. The molecular formula is C20H27N3O2. The van der Waals surface area contributed by atoms with Crippen molar-refractivity contribution in [3.05, 3.63) is 46.2 Å². The lowest BCUT2D eigenvalue weighted by atomic mass is 10.0. The van der Waals surface area contributed by atoms with E-state index in [1.165, 1.54) is 19.4 Å². The number of likely N-dealkylation sites (tertiary alicyclic amines) is 1. The molecule has 25 heavy (non-hydrogen) atoms. The van der Waals surface area contributed by atoms with Crippen LogP contribution < -0.4 is 10.3 Å². The Labute approximate surface area is 149 Å². The van der Waals surface area contributed by atoms with Crippen LogP contribution in [0.2, 0.25) is 0 Å². The minimum absolute atomic E-state index is 0.159. The Balaban J connectivity index is 1.54. The summed E-state index contributed by atoms with van der Waals surface area (Å²) in [5, 5.41) is 6.71. The highest BCUT2D eigenvalue weighted by Crippen LogP contribution is 2.23. The molecule has 2 heterocycles. The first kappa shape index (κ1) is 17.7. The molecule has 134 valence electrons. The Bertz CT molecular complexity index is 739. The topological polar surface area (TPSA) is 58.2 Å². The van der Waals surface area contributed by atoms with Crippen molar-refractivity contribution in [3.8, 4) is 17.0 Å². The van der Waals surface area contributed by atoms with Crippen LogP contribution in [0.5, 0.6) is 5.75 Å². The van der Waals surface area contributed by atoms with Crippen molar-refractivity contribution in [1.29, 1.82) is 0 Å². The minimum atomic E-state index is -0.159. The first-order valence-corrected chi connectivity index (χ1v) is 9.23. The molecule has 1 fully saturated rings. The average Bonchev–Trinajstić information content (AvgIpc) is 3.04. The van der Waals surface area contributed by atoms with E-state index in [1.54, 1.807) is 6.07 Å². The van der Waals surface area contributed by atoms with Gasteiger partial charge in [0.2, 0.25) is 0 Å². The molecule has 0 amide bonds. The van der Waals surface area contributed by atoms with E-state index in [0.29, 0.717) is 0 Å². The summed E-state index contributed by atoms with van der Waals surface area (Å²) in [6.07, 6.45) is 4.47. The number of aromatic amines is 1. The van der Waals surface area contributed by atoms with Crippen molar-refractivity contribution in [2.24, 2.45) is 0 Å². The molecule has 1 unspecified atom stereocenters. The molecule has 1 aliphatic rings. The normalized spacial score (nSPS) is 17.8. The molecule has 5 heteroatoms. The van der Waals surface area contributed by atoms with E-state index in [4.69, 9.17) is 4.74 Å². The second kappa shape index (κ2) is 8.30. The van der Waals surface area contributed by atoms with Crippen LogP contribution in [0.25, 0.3) is 11.3 Å². The van der Waals surface area contributed by atoms with Crippen molar-refractivity contribution >= 4 is 0 Å². The van der Waals surface area contributed by atoms with Crippen molar-refractivity contribution in [3.63, 3.8) is 0 Å². The molecule has 0 bridgehead atoms. The summed E-state index contributed by atoms with van der Waals surface area (Å²) in [7, 11) is 0. The maximum Gasteiger partial charge on any atom is 0.264 e. The molecule has 1 aromatic heterocycles. The lowest BCUT2D eigenvalue weighted by molar-refractivity contribution is 0.230. The van der Waals surface area contributed by atoms with Gasteiger partial charge >= 0.3 is 0 Å². The second-order valence-corrected chi connectivity index (χ2v) is 6.71. The highest BCUT2D eigenvalue weighted by atomic mass is 16.5. The van der Waals surface area contributed by atoms with Gasteiger partial charge in [-0.15, -0.1) is 0 Å². The zero-order valence-electron chi connectivity index (χ0n) is 15.1. The third kappa shape index (κ3) is 4.48. The van der Waals surface area contributed by atoms with Crippen molar-refractivity contribution in [2.75, 3.05) is 19.7 Å². The maximum absolute atomic E-state index is 11.4. The number of H-pyrrole nitrogens is 1. The summed E-state index contributed by atoms with van der Waals surface area (Å²) in [6.45, 7) is 7.41. The lowest BCUT2D eigenvalue weighted by Gasteiger charge is -2.20. The average molecular weight is 341 g/mol. The summed E-state index contributed by atoms with van der Waals surface area (Å²) in [4.78, 5) is 13.9. The number of nitrogens with one attached hydrogen (secondary N) is 1. The molecule has 1 aliphatic heterocycles. The SMILES string of the molecule is CCc1cc(=O)[nH]nc1-c1ccc(OCCCN2CCCC2C)cc1. The van der Waals surface area contributed by atoms with Gasteiger partial charge in [-0.2, -0.15) is 5.10 Å². The maximum atomic E-state index is 11.4. The van der Waals surface area contributed by atoms with Crippen LogP contribution in [0, 0.1) is 0 Å². The Morgan fingerprint density at radius 2 is 2.12 bits per heavy atom. The first-order valence-electron chi connectivity index (χ1n) is 9.23. The summed E-state index contributed by atoms with van der Waals surface area (Å²) in [5.41, 5.74) is 2.62. The highest BCUT2D eigenvalue weighted by molar-refractivity contribution is 5.63. The van der Waals surface area contributed by atoms with E-state index in [-0.39, 0.29) is 5.56 Å². The molecule has 1 N–H and O–H groups in total. The molecule has 1 atom stereocenters. The smallest absolute Gasteiger partial charge is 0.264 e. The van der Waals surface area contributed by atoms with Crippen LogP contribution >= 0.6 is 0 Å². The fourth-order valence-corrected chi connectivity index (χ4v) is 3.45. The minimum Gasteiger partial charge on any atom is -0.494 e. The number of ether oxygens (including phenoxy) is 1. The van der Waals surface area contributed by atoms with Gasteiger partial charge in [0.1, 0.15) is 5.75 Å². The third-order valence-electron chi connectivity index (χ3n) is 4.95. The Hall–Kier alpha value is -2.14. The molecule has 0 saturated carbocycles. The standard InChI is InChI=1S/C20H27N3O2/c1-3-16-14-19(24)21-22-20(16)17-7-9-18(10-8-17)25-13-5-12-23-11-4-6-15(23)2/h7-10,14-15H,3-6,11-13H2,1-2H3,(H,21,24). The molecule has 0 radical (unpaired) electrons. The van der Waals surface area contributed by atoms with Gasteiger partial charge in [-0.1, -0.05) is 6.92 Å². The van der Waals surface area contributed by atoms with Gasteiger partial charge in [0, 0.05) is 24.2 Å². The molecular weight excluding hydrogens is 314 g/mol. The number of hydrogen-bond donors (Lipinski definition) is 1. The second-order valence-electron chi connectivity index (χ2n) is 6.71. The van der Waals surface area contributed by atoms with Gasteiger partial charge in [-0.25, -0.2) is 5.10 Å². The van der Waals surface area contributed by atoms with Crippen molar-refractivity contribution in [2.45, 2.75) is 45.6 Å². The first-order chi connectivity index (χ1) is 12.2. The van der Waals surface area contributed by atoms with Gasteiger partial charge in [0.15, 0.2) is 0 Å². The van der Waals surface area contributed by atoms with Crippen LogP contribution in [0.3, 0.4) is 0 Å². The number of benzene rings is 1. The summed E-state index contributed by atoms with van der Waals surface area (Å²) < 4.78 is 5.86. The van der Waals surface area contributed by atoms with Crippen molar-refractivity contribution in [1.82, 2.24) is 15.1 Å². The van der Waals surface area contributed by atoms with Crippen LogP contribution in [0.1, 0.15) is 38.7 Å². The van der Waals surface area contributed by atoms with E-state index < -0.39 is 0 Å². The van der Waals surface area contributed by atoms with Crippen LogP contribution in [0.4, 0.5) is 0 Å². The molecule has 2 aromatic rings. The zero-order valence-corrected chi connectivity index (χ0v) is 15.1. The molecule has 0 aliphatic carbocycles. The number of nitrogens with zero attached hydrogens (tertiary/aromatic N) is 2. The molecule has 1 saturated heterocycles. The quantitative estimate of drug-likeness (QED) is 0.786. The van der Waals surface area contributed by atoms with E-state index >= 15 is 0 Å². The van der Waals surface area contributed by atoms with Crippen LogP contribution in [0.15, 0.2) is 35.1 Å². The summed E-state index contributed by atoms with van der Waals surface area (Å²) >= 11 is 0. The van der Waals surface area contributed by atoms with E-state index in [9.17, 15) is 4.79 Å². The van der Waals surface area contributed by atoms with E-state index in [2.05, 4.69) is 22.0 Å². The van der Waals surface area contributed by atoms with Gasteiger partial charge in [0.25, 0.3) is 5.56 Å². The number of rotatable bonds is 7. The summed E-state index contributed by atoms with van der Waals surface area (Å²) in [5.74, 6) is 0.876. The molecule has 1 aromatic carbocycles. The highest BCUT2D eigenvalue weighted by Gasteiger charge is 2.19. The van der Waals surface area contributed by atoms with E-state index in [1.807, 2.05) is 31.2 Å². The van der Waals surface area contributed by atoms with Gasteiger partial charge in [-0.3, -0.25) is 4.79 Å². The van der Waals surface area contributed by atoms with Gasteiger partial charge in [0.05, 0.1) is 12.3 Å². The fourth-order valence-electron chi connectivity index (χ4n) is 3.45. The zero-order chi connectivity index (χ0) is 17.6.